The van der Waals surface area contributed by atoms with Gasteiger partial charge in [-0.15, -0.1) is 0 Å². The molecule has 4 aromatic carbocycles. The van der Waals surface area contributed by atoms with Gasteiger partial charge in [-0.05, 0) is 0 Å². The van der Waals surface area contributed by atoms with E-state index in [1.54, 1.807) is 22.3 Å². The van der Waals surface area contributed by atoms with Crippen LogP contribution in [0.2, 0.25) is 22.5 Å². The van der Waals surface area contributed by atoms with Crippen LogP contribution >= 0.6 is 0 Å². The monoisotopic (exact) mass is 819 g/mol. The predicted octanol–water partition coefficient (Wildman–Crippen LogP) is 13.6. The Bertz CT molecular complexity index is 1920. The molecule has 0 amide bonds. The van der Waals surface area contributed by atoms with Crippen molar-refractivity contribution in [1.82, 2.24) is 0 Å². The molecule has 48 heavy (non-hydrogen) atoms. The van der Waals surface area contributed by atoms with Gasteiger partial charge in [-0.1, -0.05) is 0 Å². The number of hydrogen-bond donors (Lipinski definition) is 0. The molecule has 0 nitrogen and oxygen atoms in total. The summed E-state index contributed by atoms with van der Waals surface area (Å²) in [5, 5.41) is 0. The number of rotatable bonds is 6. The Morgan fingerprint density at radius 1 is 0.583 bits per heavy atom. The molecule has 0 aliphatic heterocycles. The van der Waals surface area contributed by atoms with Crippen molar-refractivity contribution in [3.05, 3.63) is 129 Å². The molecule has 2 aliphatic carbocycles. The summed E-state index contributed by atoms with van der Waals surface area (Å²) in [6.45, 7) is 26.6. The van der Waals surface area contributed by atoms with Gasteiger partial charge in [0.2, 0.25) is 0 Å². The first-order chi connectivity index (χ1) is 22.3. The van der Waals surface area contributed by atoms with Gasteiger partial charge in [0.1, 0.15) is 0 Å². The summed E-state index contributed by atoms with van der Waals surface area (Å²) in [6, 6.07) is 33.3. The Balaban J connectivity index is 1.51. The quantitative estimate of drug-likeness (QED) is 0.170. The fraction of sp³-hybridized carbons (Fsp3) is 0.391. The first kappa shape index (κ1) is 35.3. The van der Waals surface area contributed by atoms with Gasteiger partial charge in [0.05, 0.1) is 0 Å². The molecular formula is C46H59HfSi. The molecule has 2 unspecified atom stereocenters. The summed E-state index contributed by atoms with van der Waals surface area (Å²) in [7, 11) is 0. The Kier molecular flexibility index (Phi) is 8.86. The van der Waals surface area contributed by atoms with Crippen LogP contribution in [0.3, 0.4) is 0 Å². The van der Waals surface area contributed by atoms with E-state index in [0.717, 1.165) is 0 Å². The van der Waals surface area contributed by atoms with Crippen molar-refractivity contribution in [2.75, 3.05) is 0 Å². The molecule has 2 atom stereocenters. The first-order valence-electron chi connectivity index (χ1n) is 18.4. The number of benzene rings is 4. The third-order valence-electron chi connectivity index (χ3n) is 12.8. The molecule has 0 spiro atoms. The van der Waals surface area contributed by atoms with Crippen LogP contribution < -0.4 is 0 Å². The molecule has 0 heterocycles. The third kappa shape index (κ3) is 5.68. The molecular weight excluding hydrogens is 759 g/mol. The molecule has 0 saturated carbocycles. The van der Waals surface area contributed by atoms with E-state index in [2.05, 4.69) is 182 Å². The summed E-state index contributed by atoms with van der Waals surface area (Å²) in [4.78, 5) is 0. The molecule has 0 fully saturated rings. The second-order valence-electron chi connectivity index (χ2n) is 18.7. The molecule has 0 bridgehead atoms. The van der Waals surface area contributed by atoms with Crippen LogP contribution in [0.4, 0.5) is 0 Å². The van der Waals surface area contributed by atoms with Crippen molar-refractivity contribution in [2.24, 2.45) is 5.92 Å². The Morgan fingerprint density at radius 3 is 1.40 bits per heavy atom. The van der Waals surface area contributed by atoms with E-state index >= 15 is 0 Å². The van der Waals surface area contributed by atoms with Crippen molar-refractivity contribution >= 4 is 18.1 Å². The Morgan fingerprint density at radius 2 is 1.00 bits per heavy atom. The molecule has 0 saturated heterocycles. The number of allylic oxidation sites excluding steroid dienone is 2. The van der Waals surface area contributed by atoms with E-state index in [-0.39, 0.29) is 10.8 Å². The zero-order valence-electron chi connectivity index (χ0n) is 32.0. The molecule has 4 aromatic rings. The van der Waals surface area contributed by atoms with E-state index in [4.69, 9.17) is 0 Å². The SMILES string of the molecule is CC1=Cc2c(-c3ccc(C(C)(C)C)cc3)cccc2[CH]1[Hf]([CH3])([CH3])([CH]1C(C(C)C)=Cc2c(-c3ccc(C(C)(C)C)cc3)cccc21)[SiH](C)C. The molecule has 2 heteroatoms. The minimum atomic E-state index is -3.92. The van der Waals surface area contributed by atoms with Gasteiger partial charge in [-0.2, -0.15) is 0 Å². The maximum absolute atomic E-state index is 3.92. The van der Waals surface area contributed by atoms with E-state index in [9.17, 15) is 0 Å². The molecule has 6 rings (SSSR count). The van der Waals surface area contributed by atoms with Crippen LogP contribution in [0.5, 0.6) is 0 Å². The van der Waals surface area contributed by atoms with Crippen LogP contribution in [-0.2, 0) is 28.5 Å². The van der Waals surface area contributed by atoms with Gasteiger partial charge in [0.15, 0.2) is 0 Å². The van der Waals surface area contributed by atoms with Gasteiger partial charge in [-0.25, -0.2) is 0 Å². The molecule has 251 valence electrons. The van der Waals surface area contributed by atoms with Gasteiger partial charge in [0, 0.05) is 0 Å². The predicted molar refractivity (Wildman–Crippen MR) is 214 cm³/mol. The van der Waals surface area contributed by atoms with Gasteiger partial charge in [-0.3, -0.25) is 0 Å². The topological polar surface area (TPSA) is 0 Å². The molecule has 2 aliphatic rings. The molecule has 0 radical (unpaired) electrons. The first-order valence-corrected chi connectivity index (χ1v) is 38.8. The zero-order chi connectivity index (χ0) is 35.0. The second kappa shape index (κ2) is 12.0. The second-order valence-corrected chi connectivity index (χ2v) is 72.2. The van der Waals surface area contributed by atoms with E-state index in [1.165, 1.54) is 44.5 Å². The summed E-state index contributed by atoms with van der Waals surface area (Å²) in [5.74, 6) is -0.637. The van der Waals surface area contributed by atoms with Crippen molar-refractivity contribution in [2.45, 2.75) is 103 Å². The summed E-state index contributed by atoms with van der Waals surface area (Å²) < 4.78 is 6.92. The van der Waals surface area contributed by atoms with Crippen LogP contribution in [0.15, 0.2) is 96.1 Å². The minimum absolute atomic E-state index is 0.152. The average Bonchev–Trinajstić information content (AvgIpc) is 3.59. The van der Waals surface area contributed by atoms with E-state index in [0.29, 0.717) is 13.3 Å². The Labute approximate surface area is 294 Å². The molecule has 0 N–H and O–H groups in total. The van der Waals surface area contributed by atoms with Crippen LogP contribution in [0, 0.1) is 5.92 Å². The van der Waals surface area contributed by atoms with Gasteiger partial charge < -0.3 is 0 Å². The van der Waals surface area contributed by atoms with Gasteiger partial charge >= 0.3 is 296 Å². The number of fused-ring (bicyclic) bond motifs is 2. The van der Waals surface area contributed by atoms with Crippen molar-refractivity contribution in [3.8, 4) is 22.3 Å². The fourth-order valence-corrected chi connectivity index (χ4v) is 52.5. The standard InChI is InChI=1S/C22H25.C20H21.C2H7Si.2CH3.Hf/c1-15(2)18-13-17-7-6-8-20(21(17)14-18)16-9-11-19(12-10-16)22(3,4)5;1-14-12-16-6-5-7-18(19(16)13-14)15-8-10-17(11-9-15)20(2,3)4;1-3-2;;;/h6-15H,1-5H3;5-13H,1-4H3;3H,1-2H3;2*1H3;. The van der Waals surface area contributed by atoms with Crippen molar-refractivity contribution in [1.29, 1.82) is 0 Å². The summed E-state index contributed by atoms with van der Waals surface area (Å²) in [6.07, 6.45) is 5.24. The normalized spacial score (nSPS) is 18.8. The van der Waals surface area contributed by atoms with E-state index in [1.807, 2.05) is 0 Å². The van der Waals surface area contributed by atoms with Crippen molar-refractivity contribution in [3.63, 3.8) is 0 Å². The van der Waals surface area contributed by atoms with Crippen LogP contribution in [-0.4, -0.2) is 5.98 Å². The summed E-state index contributed by atoms with van der Waals surface area (Å²) in [5.41, 5.74) is 18.1. The summed E-state index contributed by atoms with van der Waals surface area (Å²) >= 11 is -3.92. The van der Waals surface area contributed by atoms with Crippen LogP contribution in [0.25, 0.3) is 34.4 Å². The van der Waals surface area contributed by atoms with Gasteiger partial charge in [0.25, 0.3) is 0 Å². The fourth-order valence-electron chi connectivity index (χ4n) is 9.34. The van der Waals surface area contributed by atoms with Crippen LogP contribution in [0.1, 0.15) is 103 Å². The average molecular weight is 819 g/mol. The third-order valence-corrected chi connectivity index (χ3v) is 79.3. The zero-order valence-corrected chi connectivity index (χ0v) is 36.8. The van der Waals surface area contributed by atoms with E-state index < -0.39 is 23.7 Å². The van der Waals surface area contributed by atoms with Crippen molar-refractivity contribution < 1.29 is 17.7 Å². The number of hydrogen-bond acceptors (Lipinski definition) is 0. The maximum atomic E-state index is 2.90. The molecule has 0 aromatic heterocycles. The Hall–Kier alpha value is -2.55.